The molecule has 0 aliphatic heterocycles. The van der Waals surface area contributed by atoms with E-state index in [0.29, 0.717) is 0 Å². The fourth-order valence-electron chi connectivity index (χ4n) is 1.19. The highest BCUT2D eigenvalue weighted by Crippen LogP contribution is 2.27. The predicted octanol–water partition coefficient (Wildman–Crippen LogP) is 2.61. The molecule has 16 heavy (non-hydrogen) atoms. The first-order valence-corrected chi connectivity index (χ1v) is 4.36. The van der Waals surface area contributed by atoms with E-state index in [-0.39, 0.29) is 5.56 Å². The normalized spacial score (nSPS) is 10.6. The van der Waals surface area contributed by atoms with Gasteiger partial charge in [0.15, 0.2) is 0 Å². The van der Waals surface area contributed by atoms with Gasteiger partial charge in [-0.1, -0.05) is 0 Å². The molecule has 0 unspecified atom stereocenters. The summed E-state index contributed by atoms with van der Waals surface area (Å²) in [4.78, 5) is 23.5. The van der Waals surface area contributed by atoms with E-state index in [2.05, 4.69) is 4.98 Å². The Bertz CT molecular complexity index is 465. The molecule has 1 aromatic rings. The van der Waals surface area contributed by atoms with E-state index in [0.717, 1.165) is 6.07 Å². The van der Waals surface area contributed by atoms with Crippen LogP contribution in [0.3, 0.4) is 0 Å². The zero-order valence-corrected chi connectivity index (χ0v) is 8.66. The van der Waals surface area contributed by atoms with Gasteiger partial charge in [0.25, 0.3) is 5.24 Å². The molecule has 0 spiro atoms. The van der Waals surface area contributed by atoms with Crippen LogP contribution in [0.4, 0.5) is 14.6 Å². The second-order valence-corrected chi connectivity index (χ2v) is 3.23. The first kappa shape index (κ1) is 12.4. The summed E-state index contributed by atoms with van der Waals surface area (Å²) in [6.45, 7) is 1.27. The molecule has 0 atom stereocenters. The number of aromatic nitrogens is 1. The van der Waals surface area contributed by atoms with Gasteiger partial charge in [-0.15, -0.1) is 0 Å². The van der Waals surface area contributed by atoms with E-state index in [9.17, 15) is 23.7 Å². The Kier molecular flexibility index (Phi) is 3.48. The Morgan fingerprint density at radius 2 is 2.19 bits per heavy atom. The van der Waals surface area contributed by atoms with Crippen molar-refractivity contribution in [2.75, 3.05) is 0 Å². The number of nitro groups is 1. The number of halogens is 3. The molecule has 0 fully saturated rings. The molecule has 0 N–H and O–H groups in total. The molecule has 0 saturated carbocycles. The zero-order chi connectivity index (χ0) is 12.5. The van der Waals surface area contributed by atoms with Gasteiger partial charge in [0, 0.05) is 6.07 Å². The lowest BCUT2D eigenvalue weighted by Crippen LogP contribution is -2.07. The van der Waals surface area contributed by atoms with Crippen LogP contribution in [-0.4, -0.2) is 15.1 Å². The summed E-state index contributed by atoms with van der Waals surface area (Å²) >= 11 is 5.11. The fourth-order valence-corrected chi connectivity index (χ4v) is 1.43. The number of carbonyl (C=O) groups excluding carboxylic acids is 1. The maximum atomic E-state index is 12.5. The Labute approximate surface area is 93.2 Å². The van der Waals surface area contributed by atoms with Crippen molar-refractivity contribution in [2.24, 2.45) is 0 Å². The number of aryl methyl sites for hydroxylation is 1. The first-order valence-electron chi connectivity index (χ1n) is 3.98. The van der Waals surface area contributed by atoms with E-state index < -0.39 is 33.7 Å². The monoisotopic (exact) mass is 250 g/mol. The number of rotatable bonds is 3. The minimum Gasteiger partial charge on any atom is -0.358 e. The summed E-state index contributed by atoms with van der Waals surface area (Å²) in [6.07, 6.45) is -3.10. The molecule has 1 heterocycles. The highest BCUT2D eigenvalue weighted by molar-refractivity contribution is 6.68. The average molecular weight is 251 g/mol. The smallest absolute Gasteiger partial charge is 0.358 e. The van der Waals surface area contributed by atoms with Crippen LogP contribution in [0, 0.1) is 17.0 Å². The molecule has 0 saturated heterocycles. The van der Waals surface area contributed by atoms with E-state index >= 15 is 0 Å². The number of carbonyl (C=O) groups is 1. The third-order valence-corrected chi connectivity index (χ3v) is 2.01. The van der Waals surface area contributed by atoms with Crippen molar-refractivity contribution in [1.29, 1.82) is 0 Å². The Morgan fingerprint density at radius 1 is 1.62 bits per heavy atom. The Morgan fingerprint density at radius 3 is 2.56 bits per heavy atom. The van der Waals surface area contributed by atoms with Crippen LogP contribution < -0.4 is 0 Å². The lowest BCUT2D eigenvalue weighted by molar-refractivity contribution is -0.389. The summed E-state index contributed by atoms with van der Waals surface area (Å²) in [5.74, 6) is -0.741. The highest BCUT2D eigenvalue weighted by atomic mass is 35.5. The second kappa shape index (κ2) is 4.48. The molecular formula is C8H5ClF2N2O3. The van der Waals surface area contributed by atoms with Gasteiger partial charge in [-0.25, -0.2) is 8.78 Å². The van der Waals surface area contributed by atoms with E-state index in [1.165, 1.54) is 6.92 Å². The SMILES string of the molecule is Cc1cc([N+](=O)[O-])nc(C(F)F)c1C(=O)Cl. The largest absolute Gasteiger partial charge is 0.364 e. The molecule has 1 rings (SSSR count). The molecule has 0 aliphatic rings. The molecule has 0 aromatic carbocycles. The Balaban J connectivity index is 3.51. The van der Waals surface area contributed by atoms with Crippen molar-refractivity contribution in [3.63, 3.8) is 0 Å². The van der Waals surface area contributed by atoms with E-state index in [4.69, 9.17) is 11.6 Å². The maximum absolute atomic E-state index is 12.5. The molecule has 8 heteroatoms. The minimum atomic E-state index is -3.10. The van der Waals surface area contributed by atoms with Gasteiger partial charge in [0.1, 0.15) is 0 Å². The van der Waals surface area contributed by atoms with E-state index in [1.54, 1.807) is 0 Å². The standard InChI is InChI=1S/C8H5ClF2N2O3/c1-3-2-4(13(15)16)12-6(8(10)11)5(3)7(9)14/h2,8H,1H3. The molecule has 0 bridgehead atoms. The lowest BCUT2D eigenvalue weighted by Gasteiger charge is -2.04. The predicted molar refractivity (Wildman–Crippen MR) is 50.8 cm³/mol. The van der Waals surface area contributed by atoms with Crippen molar-refractivity contribution < 1.29 is 18.5 Å². The number of hydrogen-bond acceptors (Lipinski definition) is 4. The van der Waals surface area contributed by atoms with Crippen LogP contribution in [0.25, 0.3) is 0 Å². The summed E-state index contributed by atoms with van der Waals surface area (Å²) in [5, 5.41) is 9.27. The van der Waals surface area contributed by atoms with Crippen LogP contribution in [0.15, 0.2) is 6.07 Å². The van der Waals surface area contributed by atoms with Crippen molar-refractivity contribution >= 4 is 22.7 Å². The van der Waals surface area contributed by atoms with Gasteiger partial charge >= 0.3 is 12.2 Å². The summed E-state index contributed by atoms with van der Waals surface area (Å²) in [7, 11) is 0. The highest BCUT2D eigenvalue weighted by Gasteiger charge is 2.28. The molecule has 1 aromatic heterocycles. The molecule has 0 aliphatic carbocycles. The molecule has 5 nitrogen and oxygen atoms in total. The van der Waals surface area contributed by atoms with Crippen molar-refractivity contribution in [2.45, 2.75) is 13.3 Å². The number of alkyl halides is 2. The van der Waals surface area contributed by atoms with Crippen molar-refractivity contribution in [3.8, 4) is 0 Å². The second-order valence-electron chi connectivity index (χ2n) is 2.89. The summed E-state index contributed by atoms with van der Waals surface area (Å²) in [6, 6.07) is 0.918. The molecule has 86 valence electrons. The minimum absolute atomic E-state index is 0.00278. The van der Waals surface area contributed by atoms with E-state index in [1.807, 2.05) is 0 Å². The van der Waals surface area contributed by atoms with Gasteiger partial charge < -0.3 is 10.1 Å². The number of pyridine rings is 1. The van der Waals surface area contributed by atoms with Crippen LogP contribution in [0.5, 0.6) is 0 Å². The summed E-state index contributed by atoms with van der Waals surface area (Å²) < 4.78 is 25.0. The number of nitrogens with zero attached hydrogens (tertiary/aromatic N) is 2. The van der Waals surface area contributed by atoms with Gasteiger partial charge in [-0.2, -0.15) is 0 Å². The van der Waals surface area contributed by atoms with Crippen molar-refractivity contribution in [1.82, 2.24) is 4.98 Å². The van der Waals surface area contributed by atoms with Crippen LogP contribution >= 0.6 is 11.6 Å². The lowest BCUT2D eigenvalue weighted by atomic mass is 10.1. The van der Waals surface area contributed by atoms with Crippen molar-refractivity contribution in [3.05, 3.63) is 33.0 Å². The third-order valence-electron chi connectivity index (χ3n) is 1.82. The summed E-state index contributed by atoms with van der Waals surface area (Å²) in [5.41, 5.74) is -1.45. The molecular weight excluding hydrogens is 246 g/mol. The van der Waals surface area contributed by atoms with Crippen LogP contribution in [0.2, 0.25) is 0 Å². The first-order chi connectivity index (χ1) is 7.34. The maximum Gasteiger partial charge on any atom is 0.364 e. The van der Waals surface area contributed by atoms with Gasteiger partial charge in [-0.3, -0.25) is 4.79 Å². The van der Waals surface area contributed by atoms with Gasteiger partial charge in [0.05, 0.1) is 5.56 Å². The Hall–Kier alpha value is -1.63. The topological polar surface area (TPSA) is 73.1 Å². The van der Waals surface area contributed by atoms with Gasteiger partial charge in [0.2, 0.25) is 5.69 Å². The van der Waals surface area contributed by atoms with Crippen LogP contribution in [0.1, 0.15) is 28.0 Å². The molecule has 0 amide bonds. The fraction of sp³-hybridized carbons (Fsp3) is 0.250. The van der Waals surface area contributed by atoms with Gasteiger partial charge in [-0.05, 0) is 34.0 Å². The quantitative estimate of drug-likeness (QED) is 0.469. The third kappa shape index (κ3) is 2.30. The average Bonchev–Trinajstić information content (AvgIpc) is 2.15. The number of hydrogen-bond donors (Lipinski definition) is 0. The molecule has 0 radical (unpaired) electrons. The zero-order valence-electron chi connectivity index (χ0n) is 7.91. The van der Waals surface area contributed by atoms with Crippen LogP contribution in [-0.2, 0) is 0 Å².